The number of pyridine rings is 2. The van der Waals surface area contributed by atoms with E-state index < -0.39 is 40.1 Å². The topological polar surface area (TPSA) is 290 Å². The van der Waals surface area contributed by atoms with E-state index in [1.165, 1.54) is 36.5 Å². The van der Waals surface area contributed by atoms with Crippen molar-refractivity contribution in [1.29, 1.82) is 0 Å². The molecule has 0 bridgehead atoms. The average Bonchev–Trinajstić information content (AvgIpc) is 3.73. The number of nitrogens with one attached hydrogen (secondary N) is 2. The Kier molecular flexibility index (Phi) is 7.80. The fraction of sp³-hybridized carbons (Fsp3) is 0.0400. The highest BCUT2D eigenvalue weighted by Gasteiger charge is 2.29. The molecule has 0 spiro atoms. The number of nitrogens with zero attached hydrogens (tertiary/aromatic N) is 9. The van der Waals surface area contributed by atoms with Gasteiger partial charge in [-0.05, 0) is 56.9 Å². The molecular weight excluding hydrogens is 675 g/mol. The Hall–Kier alpha value is -5.55. The van der Waals surface area contributed by atoms with Crippen LogP contribution in [0, 0.1) is 0 Å². The second kappa shape index (κ2) is 11.7. The highest BCUT2D eigenvalue weighted by molar-refractivity contribution is 7.92. The quantitative estimate of drug-likeness (QED) is 0.158. The zero-order valence-electron chi connectivity index (χ0n) is 23.8. The van der Waals surface area contributed by atoms with Gasteiger partial charge in [0.05, 0.1) is 17.4 Å². The van der Waals surface area contributed by atoms with Gasteiger partial charge in [0.25, 0.3) is 20.0 Å². The van der Waals surface area contributed by atoms with E-state index in [0.29, 0.717) is 16.7 Å². The molecule has 2 aromatic carbocycles. The summed E-state index contributed by atoms with van der Waals surface area (Å²) < 4.78 is 76.7. The molecule has 0 aliphatic carbocycles. The minimum atomic E-state index is -4.59. The Labute approximate surface area is 266 Å². The predicted octanol–water partition coefficient (Wildman–Crippen LogP) is 0.300. The summed E-state index contributed by atoms with van der Waals surface area (Å²) in [4.78, 5) is 9.01. The summed E-state index contributed by atoms with van der Waals surface area (Å²) in [6, 6.07) is 17.6. The predicted molar refractivity (Wildman–Crippen MR) is 165 cm³/mol. The lowest BCUT2D eigenvalue weighted by molar-refractivity contribution is 0.591. The number of aromatic amines is 1. The molecule has 22 heteroatoms. The Balaban J connectivity index is 1.57. The molecule has 6 aromatic rings. The van der Waals surface area contributed by atoms with Crippen LogP contribution in [-0.2, 0) is 30.1 Å². The molecular formula is C25H21N13O6S3. The smallest absolute Gasteiger partial charge is 0.256 e. The van der Waals surface area contributed by atoms with Crippen molar-refractivity contribution in [3.8, 4) is 50.8 Å². The fourth-order valence-electron chi connectivity index (χ4n) is 4.60. The molecule has 47 heavy (non-hydrogen) atoms. The molecule has 0 aliphatic heterocycles. The normalized spacial score (nSPS) is 12.2. The van der Waals surface area contributed by atoms with Crippen LogP contribution < -0.4 is 15.0 Å². The highest BCUT2D eigenvalue weighted by atomic mass is 32.2. The van der Waals surface area contributed by atoms with Gasteiger partial charge in [0.15, 0.2) is 15.9 Å². The standard InChI is InChI=1S/C25H21N13O6S3/c1-45(39,40)34-16-9-7-15(8-10-16)18-13-19(29-25(47(27,43)44)21(18)22-30-35-36-31-22)38-33-23(32-37-38)20-17(14-5-3-2-4-6-14)11-12-28-24(20)46(26,41)42/h2-13,34H,1H3,(H2,26,41,42)(H2,27,43,44)(H,30,31,35,36). The first-order valence-electron chi connectivity index (χ1n) is 13.0. The second-order valence-electron chi connectivity index (χ2n) is 9.79. The maximum absolute atomic E-state index is 12.9. The fourth-order valence-corrected chi connectivity index (χ4v) is 6.57. The summed E-state index contributed by atoms with van der Waals surface area (Å²) in [5.74, 6) is -0.607. The zero-order chi connectivity index (χ0) is 33.6. The minimum absolute atomic E-state index is 0.0586. The Morgan fingerprint density at radius 1 is 0.766 bits per heavy atom. The van der Waals surface area contributed by atoms with E-state index in [1.54, 1.807) is 36.4 Å². The lowest BCUT2D eigenvalue weighted by Gasteiger charge is -2.13. The first-order chi connectivity index (χ1) is 22.2. The number of benzene rings is 2. The maximum atomic E-state index is 12.9. The summed E-state index contributed by atoms with van der Waals surface area (Å²) in [6.45, 7) is 0. The van der Waals surface area contributed by atoms with Gasteiger partial charge in [0.1, 0.15) is 0 Å². The number of nitrogens with two attached hydrogens (primary N) is 2. The van der Waals surface area contributed by atoms with E-state index in [-0.39, 0.29) is 39.8 Å². The summed E-state index contributed by atoms with van der Waals surface area (Å²) >= 11 is 0. The van der Waals surface area contributed by atoms with Crippen molar-refractivity contribution in [2.45, 2.75) is 10.1 Å². The summed E-state index contributed by atoms with van der Waals surface area (Å²) in [7, 11) is -12.6. The number of hydrogen-bond donors (Lipinski definition) is 4. The van der Waals surface area contributed by atoms with Gasteiger partial charge in [-0.15, -0.1) is 25.2 Å². The van der Waals surface area contributed by atoms with E-state index in [0.717, 1.165) is 11.1 Å². The maximum Gasteiger partial charge on any atom is 0.256 e. The first kappa shape index (κ1) is 31.4. The largest absolute Gasteiger partial charge is 0.284 e. The van der Waals surface area contributed by atoms with Crippen molar-refractivity contribution in [3.05, 3.63) is 72.9 Å². The van der Waals surface area contributed by atoms with Crippen molar-refractivity contribution in [1.82, 2.24) is 50.8 Å². The van der Waals surface area contributed by atoms with Crippen molar-refractivity contribution in [2.75, 3.05) is 11.0 Å². The monoisotopic (exact) mass is 695 g/mol. The molecule has 0 amide bonds. The van der Waals surface area contributed by atoms with Crippen molar-refractivity contribution in [3.63, 3.8) is 0 Å². The van der Waals surface area contributed by atoms with Crippen LogP contribution in [0.25, 0.3) is 50.8 Å². The van der Waals surface area contributed by atoms with Crippen LogP contribution in [0.2, 0.25) is 0 Å². The summed E-state index contributed by atoms with van der Waals surface area (Å²) in [5, 5.41) is 35.8. The second-order valence-corrected chi connectivity index (χ2v) is 14.5. The highest BCUT2D eigenvalue weighted by Crippen LogP contribution is 2.37. The van der Waals surface area contributed by atoms with Crippen LogP contribution in [-0.4, -0.2) is 82.3 Å². The number of primary sulfonamides is 2. The molecule has 0 radical (unpaired) electrons. The van der Waals surface area contributed by atoms with Gasteiger partial charge in [-0.2, -0.15) is 5.21 Å². The number of anilines is 1. The van der Waals surface area contributed by atoms with Crippen molar-refractivity contribution >= 4 is 35.8 Å². The van der Waals surface area contributed by atoms with Gasteiger partial charge in [0.2, 0.25) is 21.7 Å². The number of sulfonamides is 3. The number of aromatic nitrogens is 10. The van der Waals surface area contributed by atoms with Gasteiger partial charge >= 0.3 is 0 Å². The molecule has 0 fully saturated rings. The van der Waals surface area contributed by atoms with E-state index in [9.17, 15) is 25.3 Å². The Morgan fingerprint density at radius 3 is 2.04 bits per heavy atom. The Morgan fingerprint density at radius 2 is 1.43 bits per heavy atom. The van der Waals surface area contributed by atoms with Crippen LogP contribution >= 0.6 is 0 Å². The van der Waals surface area contributed by atoms with E-state index in [2.05, 4.69) is 50.7 Å². The van der Waals surface area contributed by atoms with Crippen molar-refractivity contribution in [2.24, 2.45) is 10.3 Å². The van der Waals surface area contributed by atoms with Gasteiger partial charge < -0.3 is 0 Å². The molecule has 4 aromatic heterocycles. The summed E-state index contributed by atoms with van der Waals surface area (Å²) in [6.07, 6.45) is 2.26. The number of rotatable bonds is 9. The minimum Gasteiger partial charge on any atom is -0.284 e. The molecule has 0 saturated heterocycles. The SMILES string of the molecule is CS(=O)(=O)Nc1ccc(-c2cc(-n3nnc(-c4c(-c5ccccc5)ccnc4S(N)(=O)=O)n3)nc(S(N)(=O)=O)c2-c2nn[nH]n2)cc1. The number of hydrogen-bond acceptors (Lipinski definition) is 14. The van der Waals surface area contributed by atoms with Crippen LogP contribution in [0.5, 0.6) is 0 Å². The lowest BCUT2D eigenvalue weighted by Crippen LogP contribution is -2.18. The molecule has 6 rings (SSSR count). The van der Waals surface area contributed by atoms with Crippen molar-refractivity contribution < 1.29 is 25.3 Å². The molecule has 240 valence electrons. The van der Waals surface area contributed by atoms with Crippen LogP contribution in [0.15, 0.2) is 83.0 Å². The molecule has 4 heterocycles. The van der Waals surface area contributed by atoms with Gasteiger partial charge in [0, 0.05) is 11.9 Å². The third-order valence-corrected chi connectivity index (χ3v) is 8.71. The molecule has 0 unspecified atom stereocenters. The van der Waals surface area contributed by atoms with E-state index in [4.69, 9.17) is 10.3 Å². The van der Waals surface area contributed by atoms with Gasteiger partial charge in [-0.25, -0.2) is 45.5 Å². The van der Waals surface area contributed by atoms with Crippen LogP contribution in [0.1, 0.15) is 0 Å². The third-order valence-electron chi connectivity index (χ3n) is 6.42. The van der Waals surface area contributed by atoms with Gasteiger partial charge in [-0.3, -0.25) is 4.72 Å². The van der Waals surface area contributed by atoms with Crippen LogP contribution in [0.4, 0.5) is 5.69 Å². The average molecular weight is 696 g/mol. The van der Waals surface area contributed by atoms with E-state index >= 15 is 0 Å². The lowest BCUT2D eigenvalue weighted by atomic mass is 10.0. The van der Waals surface area contributed by atoms with E-state index in [1.807, 2.05) is 0 Å². The first-order valence-corrected chi connectivity index (χ1v) is 18.0. The number of H-pyrrole nitrogens is 1. The molecule has 6 N–H and O–H groups in total. The Bertz CT molecular complexity index is 2450. The van der Waals surface area contributed by atoms with Crippen LogP contribution in [0.3, 0.4) is 0 Å². The molecule has 19 nitrogen and oxygen atoms in total. The molecule has 0 atom stereocenters. The number of tetrazole rings is 2. The molecule has 0 aliphatic rings. The summed E-state index contributed by atoms with van der Waals surface area (Å²) in [5.41, 5.74) is 1.52. The third kappa shape index (κ3) is 6.56. The van der Waals surface area contributed by atoms with Gasteiger partial charge in [-0.1, -0.05) is 42.5 Å². The zero-order valence-corrected chi connectivity index (χ0v) is 26.2. The molecule has 0 saturated carbocycles.